The summed E-state index contributed by atoms with van der Waals surface area (Å²) in [5.41, 5.74) is 2.18. The second-order valence-corrected chi connectivity index (χ2v) is 7.98. The molecule has 1 aliphatic heterocycles. The van der Waals surface area contributed by atoms with Gasteiger partial charge in [0.15, 0.2) is 0 Å². The highest BCUT2D eigenvalue weighted by atomic mass is 35.5. The molecule has 0 amide bonds. The molecule has 4 rings (SSSR count). The third kappa shape index (κ3) is 4.84. The minimum atomic E-state index is -0.203. The van der Waals surface area contributed by atoms with Crippen molar-refractivity contribution in [1.82, 2.24) is 4.57 Å². The quantitative estimate of drug-likeness (QED) is 0.370. The van der Waals surface area contributed by atoms with Gasteiger partial charge in [-0.15, -0.1) is 6.58 Å². The fourth-order valence-corrected chi connectivity index (χ4v) is 4.15. The largest absolute Gasteiger partial charge is 0.486 e. The molecule has 6 heteroatoms. The number of ether oxygens (including phenoxy) is 2. The van der Waals surface area contributed by atoms with E-state index in [1.54, 1.807) is 12.1 Å². The van der Waals surface area contributed by atoms with Gasteiger partial charge in [0, 0.05) is 22.0 Å². The predicted octanol–water partition coefficient (Wildman–Crippen LogP) is 5.03. The second kappa shape index (κ2) is 9.04. The van der Waals surface area contributed by atoms with Crippen LogP contribution < -0.4 is 9.30 Å². The molecule has 0 N–H and O–H groups in total. The highest BCUT2D eigenvalue weighted by molar-refractivity contribution is 6.35. The topological polar surface area (TPSA) is 27.3 Å². The lowest BCUT2D eigenvalue weighted by Gasteiger charge is -2.17. The summed E-state index contributed by atoms with van der Waals surface area (Å²) < 4.78 is 16.3. The van der Waals surface area contributed by atoms with Crippen molar-refractivity contribution in [3.63, 3.8) is 0 Å². The van der Waals surface area contributed by atoms with Crippen molar-refractivity contribution in [2.24, 2.45) is 0 Å². The highest BCUT2D eigenvalue weighted by Crippen LogP contribution is 2.30. The van der Waals surface area contributed by atoms with E-state index in [0.717, 1.165) is 24.3 Å². The van der Waals surface area contributed by atoms with Crippen LogP contribution in [-0.4, -0.2) is 17.3 Å². The maximum Gasteiger partial charge on any atom is 0.243 e. The van der Waals surface area contributed by atoms with Crippen LogP contribution in [0.3, 0.4) is 0 Å². The zero-order valence-corrected chi connectivity index (χ0v) is 17.5. The summed E-state index contributed by atoms with van der Waals surface area (Å²) in [7, 11) is 0. The lowest BCUT2D eigenvalue weighted by Crippen LogP contribution is -2.36. The second-order valence-electron chi connectivity index (χ2n) is 7.14. The number of hydrogen-bond donors (Lipinski definition) is 0. The minimum Gasteiger partial charge on any atom is -0.486 e. The Labute approximate surface area is 180 Å². The van der Waals surface area contributed by atoms with E-state index in [1.165, 1.54) is 5.56 Å². The minimum absolute atomic E-state index is 0.145. The summed E-state index contributed by atoms with van der Waals surface area (Å²) in [6.45, 7) is 5.61. The van der Waals surface area contributed by atoms with E-state index < -0.39 is 0 Å². The molecule has 0 bridgehead atoms. The number of rotatable bonds is 8. The van der Waals surface area contributed by atoms with Crippen molar-refractivity contribution in [1.29, 1.82) is 0 Å². The maximum absolute atomic E-state index is 6.41. The molecule has 0 saturated carbocycles. The summed E-state index contributed by atoms with van der Waals surface area (Å²) in [4.78, 5) is 0. The molecule has 150 valence electrons. The summed E-state index contributed by atoms with van der Waals surface area (Å²) in [6.07, 6.45) is 8.77. The van der Waals surface area contributed by atoms with Crippen LogP contribution in [0.15, 0.2) is 73.8 Å². The first-order valence-corrected chi connectivity index (χ1v) is 10.3. The zero-order chi connectivity index (χ0) is 20.2. The van der Waals surface area contributed by atoms with Gasteiger partial charge in [0.1, 0.15) is 43.4 Å². The first kappa shape index (κ1) is 20.0. The molecular formula is C23H23Cl2N2O2+. The predicted molar refractivity (Wildman–Crippen MR) is 115 cm³/mol. The van der Waals surface area contributed by atoms with Crippen molar-refractivity contribution in [2.45, 2.75) is 31.7 Å². The summed E-state index contributed by atoms with van der Waals surface area (Å²) in [5, 5.41) is 1.21. The van der Waals surface area contributed by atoms with E-state index in [9.17, 15) is 0 Å². The Hall–Kier alpha value is -2.27. The van der Waals surface area contributed by atoms with Crippen LogP contribution in [0.4, 0.5) is 0 Å². The smallest absolute Gasteiger partial charge is 0.243 e. The van der Waals surface area contributed by atoms with E-state index in [1.807, 2.05) is 30.5 Å². The van der Waals surface area contributed by atoms with Crippen molar-refractivity contribution in [2.75, 3.05) is 6.61 Å². The fraction of sp³-hybridized carbons (Fsp3) is 0.261. The van der Waals surface area contributed by atoms with Gasteiger partial charge in [-0.25, -0.2) is 9.13 Å². The molecule has 2 heterocycles. The van der Waals surface area contributed by atoms with Crippen LogP contribution >= 0.6 is 23.2 Å². The van der Waals surface area contributed by atoms with Crippen molar-refractivity contribution < 1.29 is 14.0 Å². The third-order valence-corrected chi connectivity index (χ3v) is 5.54. The van der Waals surface area contributed by atoms with E-state index in [4.69, 9.17) is 32.7 Å². The fourth-order valence-electron chi connectivity index (χ4n) is 3.62. The van der Waals surface area contributed by atoms with Crippen LogP contribution in [0.2, 0.25) is 10.0 Å². The summed E-state index contributed by atoms with van der Waals surface area (Å²) in [6, 6.07) is 13.7. The number of aromatic nitrogens is 2. The van der Waals surface area contributed by atoms with E-state index in [2.05, 4.69) is 40.4 Å². The van der Waals surface area contributed by atoms with Crippen LogP contribution in [-0.2, 0) is 24.2 Å². The van der Waals surface area contributed by atoms with Gasteiger partial charge < -0.3 is 9.47 Å². The van der Waals surface area contributed by atoms with Gasteiger partial charge in [-0.05, 0) is 23.8 Å². The van der Waals surface area contributed by atoms with Gasteiger partial charge in [0.2, 0.25) is 6.33 Å². The molecule has 0 fully saturated rings. The molecule has 0 radical (unpaired) electrons. The molecule has 1 aliphatic rings. The summed E-state index contributed by atoms with van der Waals surface area (Å²) >= 11 is 12.5. The normalized spacial score (nSPS) is 16.3. The van der Waals surface area contributed by atoms with Crippen LogP contribution in [0.5, 0.6) is 5.75 Å². The van der Waals surface area contributed by atoms with E-state index in [-0.39, 0.29) is 12.2 Å². The Bertz CT molecular complexity index is 977. The van der Waals surface area contributed by atoms with E-state index in [0.29, 0.717) is 23.2 Å². The standard InChI is InChI=1S/C23H23Cl2N2O2/c1-2-11-28-23(20-8-7-18(24)13-21(20)25)15-27-10-9-26(16-27)14-19-12-17-5-3-4-6-22(17)29-19/h2-10,13,16,19,23H,1,11-12,14-15H2/q+1. The number of para-hydroxylation sites is 1. The van der Waals surface area contributed by atoms with Gasteiger partial charge in [0.25, 0.3) is 0 Å². The third-order valence-electron chi connectivity index (χ3n) is 4.98. The molecule has 2 aromatic carbocycles. The molecule has 0 aliphatic carbocycles. The number of hydrogen-bond acceptors (Lipinski definition) is 2. The Balaban J connectivity index is 1.44. The molecule has 1 aromatic heterocycles. The monoisotopic (exact) mass is 429 g/mol. The zero-order valence-electron chi connectivity index (χ0n) is 16.0. The first-order chi connectivity index (χ1) is 14.1. The lowest BCUT2D eigenvalue weighted by molar-refractivity contribution is -0.704. The molecular weight excluding hydrogens is 407 g/mol. The molecule has 0 spiro atoms. The van der Waals surface area contributed by atoms with Crippen LogP contribution in [0.1, 0.15) is 17.2 Å². The summed E-state index contributed by atoms with van der Waals surface area (Å²) in [5.74, 6) is 0.993. The average molecular weight is 430 g/mol. The molecule has 4 nitrogen and oxygen atoms in total. The molecule has 2 unspecified atom stereocenters. The van der Waals surface area contributed by atoms with Gasteiger partial charge in [-0.2, -0.15) is 0 Å². The molecule has 29 heavy (non-hydrogen) atoms. The first-order valence-electron chi connectivity index (χ1n) is 9.59. The molecule has 0 saturated heterocycles. The highest BCUT2D eigenvalue weighted by Gasteiger charge is 2.25. The van der Waals surface area contributed by atoms with Gasteiger partial charge in [0.05, 0.1) is 6.61 Å². The van der Waals surface area contributed by atoms with E-state index >= 15 is 0 Å². The Morgan fingerprint density at radius 3 is 2.93 bits per heavy atom. The number of halogens is 2. The van der Waals surface area contributed by atoms with Crippen molar-refractivity contribution >= 4 is 23.2 Å². The van der Waals surface area contributed by atoms with Crippen LogP contribution in [0, 0.1) is 0 Å². The molecule has 3 aromatic rings. The number of nitrogens with zero attached hydrogens (tertiary/aromatic N) is 2. The Morgan fingerprint density at radius 1 is 1.28 bits per heavy atom. The van der Waals surface area contributed by atoms with Gasteiger partial charge in [-0.1, -0.05) is 53.5 Å². The van der Waals surface area contributed by atoms with Gasteiger partial charge in [-0.3, -0.25) is 0 Å². The SMILES string of the molecule is C=CCOC(C[n+]1ccn(CC2Cc3ccccc3O2)c1)c1ccc(Cl)cc1Cl. The Kier molecular flexibility index (Phi) is 6.24. The van der Waals surface area contributed by atoms with Gasteiger partial charge >= 0.3 is 0 Å². The molecule has 2 atom stereocenters. The Morgan fingerprint density at radius 2 is 2.14 bits per heavy atom. The van der Waals surface area contributed by atoms with Crippen molar-refractivity contribution in [3.05, 3.63) is 95.0 Å². The number of benzene rings is 2. The number of imidazole rings is 1. The number of fused-ring (bicyclic) bond motifs is 1. The van der Waals surface area contributed by atoms with Crippen LogP contribution in [0.25, 0.3) is 0 Å². The van der Waals surface area contributed by atoms with Crippen molar-refractivity contribution in [3.8, 4) is 5.75 Å². The average Bonchev–Trinajstić information content (AvgIpc) is 3.31. The maximum atomic E-state index is 6.41. The lowest BCUT2D eigenvalue weighted by atomic mass is 10.1.